The Morgan fingerprint density at radius 3 is 2.75 bits per heavy atom. The average Bonchev–Trinajstić information content (AvgIpc) is 2.83. The molecule has 2 aromatic rings. The summed E-state index contributed by atoms with van der Waals surface area (Å²) < 4.78 is 4.84. The first-order valence-corrected chi connectivity index (χ1v) is 6.11. The third-order valence-electron chi connectivity index (χ3n) is 2.52. The Balaban J connectivity index is 0.00000200. The minimum absolute atomic E-state index is 0. The highest BCUT2D eigenvalue weighted by atomic mass is 127. The lowest BCUT2D eigenvalue weighted by molar-refractivity contribution is 0.387. The molecule has 2 rings (SSSR count). The number of aromatic nitrogens is 2. The van der Waals surface area contributed by atoms with Gasteiger partial charge in [0.25, 0.3) is 0 Å². The number of hydrogen-bond donors (Lipinski definition) is 2. The summed E-state index contributed by atoms with van der Waals surface area (Å²) in [5.41, 5.74) is 7.01. The normalized spacial score (nSPS) is 10.9. The standard InChI is InChI=1S/C13H17N5O.HI/c1-10-17-12(18-19-10)9-16-13(14)15-8-7-11-5-3-2-4-6-11;/h2-6H,7-9H2,1H3,(H3,14,15,16);1H. The van der Waals surface area contributed by atoms with Gasteiger partial charge in [-0.1, -0.05) is 35.5 Å². The molecule has 0 aliphatic rings. The van der Waals surface area contributed by atoms with Crippen molar-refractivity contribution in [3.05, 3.63) is 47.6 Å². The molecule has 0 aliphatic carbocycles. The molecule has 1 heterocycles. The van der Waals surface area contributed by atoms with Crippen molar-refractivity contribution in [2.45, 2.75) is 19.9 Å². The lowest BCUT2D eigenvalue weighted by Gasteiger charge is -2.04. The van der Waals surface area contributed by atoms with Crippen LogP contribution >= 0.6 is 24.0 Å². The molecule has 3 N–H and O–H groups in total. The highest BCUT2D eigenvalue weighted by molar-refractivity contribution is 14.0. The van der Waals surface area contributed by atoms with Gasteiger partial charge in [-0.2, -0.15) is 4.98 Å². The molecule has 20 heavy (non-hydrogen) atoms. The molecule has 0 aliphatic heterocycles. The van der Waals surface area contributed by atoms with Crippen LogP contribution in [0.15, 0.2) is 39.8 Å². The van der Waals surface area contributed by atoms with Crippen LogP contribution in [0.5, 0.6) is 0 Å². The SMILES string of the molecule is Cc1nc(CN=C(N)NCCc2ccccc2)no1.I. The number of benzene rings is 1. The van der Waals surface area contributed by atoms with Crippen molar-refractivity contribution in [1.29, 1.82) is 0 Å². The second-order valence-corrected chi connectivity index (χ2v) is 4.09. The molecule has 0 atom stereocenters. The topological polar surface area (TPSA) is 89.3 Å². The molecular formula is C13H18IN5O. The van der Waals surface area contributed by atoms with Crippen LogP contribution in [0.1, 0.15) is 17.3 Å². The summed E-state index contributed by atoms with van der Waals surface area (Å²) in [4.78, 5) is 8.18. The Bertz CT molecular complexity index is 541. The number of aryl methyl sites for hydroxylation is 1. The van der Waals surface area contributed by atoms with E-state index in [-0.39, 0.29) is 24.0 Å². The van der Waals surface area contributed by atoms with Gasteiger partial charge in [-0.05, 0) is 12.0 Å². The second-order valence-electron chi connectivity index (χ2n) is 4.09. The molecule has 0 saturated heterocycles. The van der Waals surface area contributed by atoms with Crippen molar-refractivity contribution in [2.75, 3.05) is 6.54 Å². The van der Waals surface area contributed by atoms with Gasteiger partial charge in [-0.25, -0.2) is 4.99 Å². The van der Waals surface area contributed by atoms with Crippen LogP contribution in [0.25, 0.3) is 0 Å². The molecule has 0 spiro atoms. The van der Waals surface area contributed by atoms with Crippen molar-refractivity contribution in [1.82, 2.24) is 15.5 Å². The van der Waals surface area contributed by atoms with Crippen molar-refractivity contribution >= 4 is 29.9 Å². The highest BCUT2D eigenvalue weighted by Gasteiger charge is 2.00. The van der Waals surface area contributed by atoms with Gasteiger partial charge in [0, 0.05) is 13.5 Å². The molecule has 6 nitrogen and oxygen atoms in total. The molecule has 1 aromatic heterocycles. The maximum absolute atomic E-state index is 5.75. The quantitative estimate of drug-likeness (QED) is 0.463. The largest absolute Gasteiger partial charge is 0.370 e. The Labute approximate surface area is 134 Å². The van der Waals surface area contributed by atoms with E-state index in [1.54, 1.807) is 6.92 Å². The number of hydrogen-bond acceptors (Lipinski definition) is 4. The molecule has 108 valence electrons. The van der Waals surface area contributed by atoms with Crippen molar-refractivity contribution in [3.63, 3.8) is 0 Å². The Morgan fingerprint density at radius 1 is 1.35 bits per heavy atom. The Kier molecular flexibility index (Phi) is 6.99. The van der Waals surface area contributed by atoms with Crippen LogP contribution in [0.2, 0.25) is 0 Å². The van der Waals surface area contributed by atoms with Crippen LogP contribution in [0.3, 0.4) is 0 Å². The Morgan fingerprint density at radius 2 is 2.10 bits per heavy atom. The average molecular weight is 387 g/mol. The zero-order chi connectivity index (χ0) is 13.5. The predicted octanol–water partition coefficient (Wildman–Crippen LogP) is 1.64. The third-order valence-corrected chi connectivity index (χ3v) is 2.52. The van der Waals surface area contributed by atoms with Crippen LogP contribution in [-0.4, -0.2) is 22.6 Å². The maximum atomic E-state index is 5.75. The van der Waals surface area contributed by atoms with Crippen molar-refractivity contribution in [3.8, 4) is 0 Å². The van der Waals surface area contributed by atoms with E-state index >= 15 is 0 Å². The first-order valence-electron chi connectivity index (χ1n) is 6.11. The second kappa shape index (κ2) is 8.51. The zero-order valence-corrected chi connectivity index (χ0v) is 13.6. The lowest BCUT2D eigenvalue weighted by atomic mass is 10.1. The summed E-state index contributed by atoms with van der Waals surface area (Å²) in [7, 11) is 0. The summed E-state index contributed by atoms with van der Waals surface area (Å²) >= 11 is 0. The number of rotatable bonds is 5. The number of nitrogens with zero attached hydrogens (tertiary/aromatic N) is 3. The summed E-state index contributed by atoms with van der Waals surface area (Å²) in [6.07, 6.45) is 0.901. The fraction of sp³-hybridized carbons (Fsp3) is 0.308. The summed E-state index contributed by atoms with van der Waals surface area (Å²) in [6.45, 7) is 2.80. The van der Waals surface area contributed by atoms with E-state index in [2.05, 4.69) is 32.6 Å². The van der Waals surface area contributed by atoms with E-state index < -0.39 is 0 Å². The number of halogens is 1. The van der Waals surface area contributed by atoms with E-state index in [1.165, 1.54) is 5.56 Å². The summed E-state index contributed by atoms with van der Waals surface area (Å²) in [6, 6.07) is 10.2. The zero-order valence-electron chi connectivity index (χ0n) is 11.2. The molecule has 0 amide bonds. The minimum atomic E-state index is 0. The number of guanidine groups is 1. The van der Waals surface area contributed by atoms with Crippen molar-refractivity contribution in [2.24, 2.45) is 10.7 Å². The number of nitrogens with one attached hydrogen (secondary N) is 1. The molecular weight excluding hydrogens is 369 g/mol. The number of aliphatic imine (C=N–C) groups is 1. The number of nitrogens with two attached hydrogens (primary N) is 1. The molecule has 0 bridgehead atoms. The van der Waals surface area contributed by atoms with E-state index in [0.717, 1.165) is 13.0 Å². The first-order chi connectivity index (χ1) is 9.24. The Hall–Kier alpha value is -1.64. The van der Waals surface area contributed by atoms with Gasteiger partial charge in [0.15, 0.2) is 11.8 Å². The van der Waals surface area contributed by atoms with Crippen LogP contribution < -0.4 is 11.1 Å². The van der Waals surface area contributed by atoms with Crippen molar-refractivity contribution < 1.29 is 4.52 Å². The molecule has 0 saturated carbocycles. The van der Waals surface area contributed by atoms with E-state index in [9.17, 15) is 0 Å². The van der Waals surface area contributed by atoms with Gasteiger partial charge >= 0.3 is 0 Å². The summed E-state index contributed by atoms with van der Waals surface area (Å²) in [5.74, 6) is 1.45. The van der Waals surface area contributed by atoms with E-state index in [4.69, 9.17) is 10.3 Å². The molecule has 0 radical (unpaired) electrons. The van der Waals surface area contributed by atoms with E-state index in [0.29, 0.717) is 24.2 Å². The lowest BCUT2D eigenvalue weighted by Crippen LogP contribution is -2.33. The van der Waals surface area contributed by atoms with Crippen LogP contribution in [-0.2, 0) is 13.0 Å². The third kappa shape index (κ3) is 5.55. The van der Waals surface area contributed by atoms with Crippen LogP contribution in [0.4, 0.5) is 0 Å². The smallest absolute Gasteiger partial charge is 0.223 e. The first kappa shape index (κ1) is 16.4. The maximum Gasteiger partial charge on any atom is 0.223 e. The molecule has 1 aromatic carbocycles. The van der Waals surface area contributed by atoms with Gasteiger partial charge in [-0.3, -0.25) is 0 Å². The van der Waals surface area contributed by atoms with Gasteiger partial charge in [-0.15, -0.1) is 24.0 Å². The van der Waals surface area contributed by atoms with Gasteiger partial charge in [0.05, 0.1) is 0 Å². The molecule has 0 fully saturated rings. The van der Waals surface area contributed by atoms with Gasteiger partial charge in [0.2, 0.25) is 5.89 Å². The van der Waals surface area contributed by atoms with E-state index in [1.807, 2.05) is 18.2 Å². The van der Waals surface area contributed by atoms with Gasteiger partial charge < -0.3 is 15.6 Å². The fourth-order valence-corrected chi connectivity index (χ4v) is 1.60. The molecule has 0 unspecified atom stereocenters. The fourth-order valence-electron chi connectivity index (χ4n) is 1.60. The monoisotopic (exact) mass is 387 g/mol. The summed E-state index contributed by atoms with van der Waals surface area (Å²) in [5, 5.41) is 6.79. The van der Waals surface area contributed by atoms with Gasteiger partial charge in [0.1, 0.15) is 6.54 Å². The highest BCUT2D eigenvalue weighted by Crippen LogP contribution is 1.98. The predicted molar refractivity (Wildman–Crippen MR) is 87.9 cm³/mol. The molecule has 7 heteroatoms. The van der Waals surface area contributed by atoms with Crippen LogP contribution in [0, 0.1) is 6.92 Å². The minimum Gasteiger partial charge on any atom is -0.370 e.